The highest BCUT2D eigenvalue weighted by atomic mass is 19.1. The maximum Gasteiger partial charge on any atom is 0.123 e. The second kappa shape index (κ2) is 8.32. The van der Waals surface area contributed by atoms with Gasteiger partial charge < -0.3 is 15.3 Å². The molecular formula is C15H24FNO3. The second-order valence-electron chi connectivity index (χ2n) is 5.52. The van der Waals surface area contributed by atoms with Crippen molar-refractivity contribution in [3.8, 4) is 0 Å². The maximum atomic E-state index is 12.8. The third-order valence-corrected chi connectivity index (χ3v) is 2.99. The van der Waals surface area contributed by atoms with Crippen LogP contribution in [-0.4, -0.2) is 52.6 Å². The standard InChI is InChI=1S/C15H24FNO3/c1-11(2)7-17(8-14(19)10-18)9-15(20)12-3-5-13(16)6-4-12/h3-6,11,14-15,18-20H,7-10H2,1-2H3. The molecule has 3 N–H and O–H groups in total. The summed E-state index contributed by atoms with van der Waals surface area (Å²) in [5.74, 6) is 0.0389. The van der Waals surface area contributed by atoms with Crippen LogP contribution in [0.4, 0.5) is 4.39 Å². The fourth-order valence-electron chi connectivity index (χ4n) is 2.13. The van der Waals surface area contributed by atoms with Crippen LogP contribution in [0.3, 0.4) is 0 Å². The molecule has 1 aromatic carbocycles. The first-order valence-corrected chi connectivity index (χ1v) is 6.87. The zero-order valence-corrected chi connectivity index (χ0v) is 12.0. The predicted octanol–water partition coefficient (Wildman–Crippen LogP) is 1.17. The third kappa shape index (κ3) is 5.96. The SMILES string of the molecule is CC(C)CN(CC(O)CO)CC(O)c1ccc(F)cc1. The third-order valence-electron chi connectivity index (χ3n) is 2.99. The summed E-state index contributed by atoms with van der Waals surface area (Å²) in [5.41, 5.74) is 0.638. The van der Waals surface area contributed by atoms with Gasteiger partial charge >= 0.3 is 0 Å². The molecule has 1 aromatic rings. The van der Waals surface area contributed by atoms with E-state index in [0.717, 1.165) is 0 Å². The number of rotatable bonds is 8. The van der Waals surface area contributed by atoms with Crippen molar-refractivity contribution in [1.29, 1.82) is 0 Å². The Kier molecular flexibility index (Phi) is 7.09. The quantitative estimate of drug-likeness (QED) is 0.671. The van der Waals surface area contributed by atoms with E-state index in [-0.39, 0.29) is 12.4 Å². The predicted molar refractivity (Wildman–Crippen MR) is 75.7 cm³/mol. The van der Waals surface area contributed by atoms with Gasteiger partial charge in [0.05, 0.1) is 18.8 Å². The molecule has 0 aliphatic heterocycles. The van der Waals surface area contributed by atoms with Gasteiger partial charge in [-0.15, -0.1) is 0 Å². The Morgan fingerprint density at radius 3 is 2.15 bits per heavy atom. The first-order valence-electron chi connectivity index (χ1n) is 6.87. The molecule has 0 radical (unpaired) electrons. The van der Waals surface area contributed by atoms with Crippen LogP contribution < -0.4 is 0 Å². The van der Waals surface area contributed by atoms with Crippen LogP contribution in [0.5, 0.6) is 0 Å². The molecule has 1 rings (SSSR count). The lowest BCUT2D eigenvalue weighted by atomic mass is 10.1. The molecule has 0 aliphatic rings. The molecule has 0 aliphatic carbocycles. The molecule has 20 heavy (non-hydrogen) atoms. The Hall–Kier alpha value is -1.01. The summed E-state index contributed by atoms with van der Waals surface area (Å²) in [4.78, 5) is 1.90. The molecule has 0 fully saturated rings. The molecule has 0 saturated carbocycles. The molecule has 2 unspecified atom stereocenters. The Balaban J connectivity index is 2.65. The topological polar surface area (TPSA) is 63.9 Å². The molecule has 4 nitrogen and oxygen atoms in total. The van der Waals surface area contributed by atoms with E-state index in [1.165, 1.54) is 12.1 Å². The lowest BCUT2D eigenvalue weighted by molar-refractivity contribution is 0.0348. The van der Waals surface area contributed by atoms with Crippen molar-refractivity contribution >= 4 is 0 Å². The molecule has 0 aromatic heterocycles. The van der Waals surface area contributed by atoms with Gasteiger partial charge in [-0.3, -0.25) is 4.90 Å². The monoisotopic (exact) mass is 285 g/mol. The molecular weight excluding hydrogens is 261 g/mol. The summed E-state index contributed by atoms with van der Waals surface area (Å²) in [6, 6.07) is 5.73. The molecule has 2 atom stereocenters. The number of hydrogen-bond donors (Lipinski definition) is 3. The number of benzene rings is 1. The number of aliphatic hydroxyl groups is 3. The Bertz CT molecular complexity index is 383. The Labute approximate surface area is 119 Å². The van der Waals surface area contributed by atoms with E-state index in [1.807, 2.05) is 18.7 Å². The van der Waals surface area contributed by atoms with E-state index < -0.39 is 12.2 Å². The van der Waals surface area contributed by atoms with Crippen molar-refractivity contribution in [2.75, 3.05) is 26.2 Å². The molecule has 0 heterocycles. The van der Waals surface area contributed by atoms with Gasteiger partial charge in [0, 0.05) is 19.6 Å². The van der Waals surface area contributed by atoms with Gasteiger partial charge in [0.1, 0.15) is 5.82 Å². The Morgan fingerprint density at radius 1 is 1.05 bits per heavy atom. The van der Waals surface area contributed by atoms with Crippen molar-refractivity contribution in [3.63, 3.8) is 0 Å². The number of halogens is 1. The average Bonchev–Trinajstić information content (AvgIpc) is 2.38. The molecule has 5 heteroatoms. The Morgan fingerprint density at radius 2 is 1.65 bits per heavy atom. The van der Waals surface area contributed by atoms with Crippen molar-refractivity contribution < 1.29 is 19.7 Å². The van der Waals surface area contributed by atoms with Crippen LogP contribution in [-0.2, 0) is 0 Å². The zero-order valence-electron chi connectivity index (χ0n) is 12.0. The van der Waals surface area contributed by atoms with Gasteiger partial charge in [-0.1, -0.05) is 26.0 Å². The fourth-order valence-corrected chi connectivity index (χ4v) is 2.13. The second-order valence-corrected chi connectivity index (χ2v) is 5.52. The van der Waals surface area contributed by atoms with Crippen LogP contribution in [0.2, 0.25) is 0 Å². The molecule has 0 saturated heterocycles. The van der Waals surface area contributed by atoms with Crippen molar-refractivity contribution in [1.82, 2.24) is 4.90 Å². The number of aliphatic hydroxyl groups excluding tert-OH is 3. The summed E-state index contributed by atoms with van der Waals surface area (Å²) < 4.78 is 12.8. The van der Waals surface area contributed by atoms with Crippen LogP contribution >= 0.6 is 0 Å². The van der Waals surface area contributed by atoms with E-state index in [1.54, 1.807) is 12.1 Å². The van der Waals surface area contributed by atoms with Gasteiger partial charge in [-0.2, -0.15) is 0 Å². The smallest absolute Gasteiger partial charge is 0.123 e. The van der Waals surface area contributed by atoms with Crippen molar-refractivity contribution in [2.45, 2.75) is 26.1 Å². The largest absolute Gasteiger partial charge is 0.394 e. The lowest BCUT2D eigenvalue weighted by Crippen LogP contribution is -2.39. The summed E-state index contributed by atoms with van der Waals surface area (Å²) in [5, 5.41) is 28.6. The van der Waals surface area contributed by atoms with Crippen LogP contribution in [0.25, 0.3) is 0 Å². The molecule has 114 valence electrons. The summed E-state index contributed by atoms with van der Waals surface area (Å²) in [7, 11) is 0. The minimum Gasteiger partial charge on any atom is -0.394 e. The van der Waals surface area contributed by atoms with E-state index >= 15 is 0 Å². The average molecular weight is 285 g/mol. The first kappa shape index (κ1) is 17.0. The van der Waals surface area contributed by atoms with E-state index in [0.29, 0.717) is 31.1 Å². The first-order chi connectivity index (χ1) is 9.42. The van der Waals surface area contributed by atoms with Gasteiger partial charge in [-0.25, -0.2) is 4.39 Å². The van der Waals surface area contributed by atoms with Gasteiger partial charge in [0.25, 0.3) is 0 Å². The lowest BCUT2D eigenvalue weighted by Gasteiger charge is -2.28. The summed E-state index contributed by atoms with van der Waals surface area (Å²) in [6.45, 7) is 5.12. The normalized spacial score (nSPS) is 14.8. The fraction of sp³-hybridized carbons (Fsp3) is 0.600. The number of hydrogen-bond acceptors (Lipinski definition) is 4. The van der Waals surface area contributed by atoms with E-state index in [2.05, 4.69) is 0 Å². The molecule has 0 amide bonds. The highest BCUT2D eigenvalue weighted by molar-refractivity contribution is 5.18. The molecule has 0 spiro atoms. The van der Waals surface area contributed by atoms with Gasteiger partial charge in [0.2, 0.25) is 0 Å². The van der Waals surface area contributed by atoms with Gasteiger partial charge in [0.15, 0.2) is 0 Å². The minimum absolute atomic E-state index is 0.299. The van der Waals surface area contributed by atoms with Gasteiger partial charge in [-0.05, 0) is 23.6 Å². The maximum absolute atomic E-state index is 12.8. The highest BCUT2D eigenvalue weighted by Crippen LogP contribution is 2.16. The van der Waals surface area contributed by atoms with Crippen molar-refractivity contribution in [3.05, 3.63) is 35.6 Å². The highest BCUT2D eigenvalue weighted by Gasteiger charge is 2.17. The van der Waals surface area contributed by atoms with Crippen LogP contribution in [0.15, 0.2) is 24.3 Å². The summed E-state index contributed by atoms with van der Waals surface area (Å²) >= 11 is 0. The zero-order chi connectivity index (χ0) is 15.1. The number of nitrogens with zero attached hydrogens (tertiary/aromatic N) is 1. The van der Waals surface area contributed by atoms with Crippen LogP contribution in [0, 0.1) is 11.7 Å². The van der Waals surface area contributed by atoms with Crippen LogP contribution in [0.1, 0.15) is 25.5 Å². The van der Waals surface area contributed by atoms with E-state index in [4.69, 9.17) is 5.11 Å². The summed E-state index contributed by atoms with van der Waals surface area (Å²) in [6.07, 6.45) is -1.57. The van der Waals surface area contributed by atoms with E-state index in [9.17, 15) is 14.6 Å². The minimum atomic E-state index is -0.825. The van der Waals surface area contributed by atoms with Crippen molar-refractivity contribution in [2.24, 2.45) is 5.92 Å². The molecule has 0 bridgehead atoms.